The molecule has 2 heteroatoms. The molecule has 14 heavy (non-hydrogen) atoms. The van der Waals surface area contributed by atoms with Gasteiger partial charge in [0.25, 0.3) is 0 Å². The average Bonchev–Trinajstić information content (AvgIpc) is 2.29. The molecular formula is C12H11N2. The fraction of sp³-hybridized carbons (Fsp3) is 0.0833. The van der Waals surface area contributed by atoms with E-state index in [2.05, 4.69) is 16.4 Å². The van der Waals surface area contributed by atoms with Crippen molar-refractivity contribution in [3.8, 4) is 0 Å². The van der Waals surface area contributed by atoms with Crippen LogP contribution in [0.4, 0.5) is 0 Å². The number of hydrogen-bond donors (Lipinski definition) is 0. The summed E-state index contributed by atoms with van der Waals surface area (Å²) in [6, 6.07) is 8.05. The molecule has 0 atom stereocenters. The quantitative estimate of drug-likeness (QED) is 0.729. The first-order valence-electron chi connectivity index (χ1n) is 4.57. The van der Waals surface area contributed by atoms with E-state index in [4.69, 9.17) is 0 Å². The molecule has 69 valence electrons. The predicted molar refractivity (Wildman–Crippen MR) is 55.6 cm³/mol. The zero-order valence-corrected chi connectivity index (χ0v) is 7.80. The summed E-state index contributed by atoms with van der Waals surface area (Å²) in [4.78, 5) is 7.95. The molecule has 0 aromatic carbocycles. The molecule has 1 radical (unpaired) electrons. The second-order valence-corrected chi connectivity index (χ2v) is 3.04. The molecule has 0 bridgehead atoms. The topological polar surface area (TPSA) is 25.8 Å². The van der Waals surface area contributed by atoms with Crippen molar-refractivity contribution in [2.24, 2.45) is 0 Å². The second kappa shape index (κ2) is 4.51. The number of pyridine rings is 2. The van der Waals surface area contributed by atoms with E-state index in [1.54, 1.807) is 12.4 Å². The van der Waals surface area contributed by atoms with Crippen LogP contribution in [0.25, 0.3) is 0 Å². The van der Waals surface area contributed by atoms with Gasteiger partial charge in [-0.2, -0.15) is 0 Å². The van der Waals surface area contributed by atoms with E-state index >= 15 is 0 Å². The standard InChI is InChI=1S/C12H11N2/c1(11-3-7-13-8-4-11)2-12-5-9-14-10-6-12/h1,3-10H,2H2. The van der Waals surface area contributed by atoms with Gasteiger partial charge in [-0.25, -0.2) is 0 Å². The summed E-state index contributed by atoms with van der Waals surface area (Å²) in [7, 11) is 0. The number of rotatable bonds is 3. The highest BCUT2D eigenvalue weighted by Crippen LogP contribution is 2.06. The molecule has 2 aromatic rings. The lowest BCUT2D eigenvalue weighted by atomic mass is 10.1. The van der Waals surface area contributed by atoms with Gasteiger partial charge >= 0.3 is 0 Å². The van der Waals surface area contributed by atoms with E-state index in [0.29, 0.717) is 0 Å². The third kappa shape index (κ3) is 2.39. The molecule has 0 aliphatic heterocycles. The molecule has 0 fully saturated rings. The Bertz CT molecular complexity index is 331. The van der Waals surface area contributed by atoms with E-state index in [1.165, 1.54) is 11.1 Å². The maximum absolute atomic E-state index is 3.98. The predicted octanol–water partition coefficient (Wildman–Crippen LogP) is 2.27. The third-order valence-corrected chi connectivity index (χ3v) is 2.03. The van der Waals surface area contributed by atoms with Crippen molar-refractivity contribution in [1.29, 1.82) is 0 Å². The Morgan fingerprint density at radius 2 is 1.43 bits per heavy atom. The summed E-state index contributed by atoms with van der Waals surface area (Å²) in [5, 5.41) is 0. The van der Waals surface area contributed by atoms with E-state index in [-0.39, 0.29) is 0 Å². The lowest BCUT2D eigenvalue weighted by Crippen LogP contribution is -1.88. The van der Waals surface area contributed by atoms with Crippen LogP contribution < -0.4 is 0 Å². The minimum absolute atomic E-state index is 0.937. The van der Waals surface area contributed by atoms with Gasteiger partial charge in [-0.15, -0.1) is 0 Å². The molecule has 0 saturated heterocycles. The minimum atomic E-state index is 0.937. The zero-order chi connectivity index (χ0) is 9.64. The molecule has 0 amide bonds. The third-order valence-electron chi connectivity index (χ3n) is 2.03. The van der Waals surface area contributed by atoms with Crippen LogP contribution in [0.15, 0.2) is 49.1 Å². The van der Waals surface area contributed by atoms with Crippen molar-refractivity contribution in [2.45, 2.75) is 6.42 Å². The van der Waals surface area contributed by atoms with Gasteiger partial charge in [-0.05, 0) is 48.2 Å². The van der Waals surface area contributed by atoms with Gasteiger partial charge < -0.3 is 0 Å². The van der Waals surface area contributed by atoms with Crippen molar-refractivity contribution in [3.05, 3.63) is 66.6 Å². The van der Waals surface area contributed by atoms with Crippen LogP contribution in [0.5, 0.6) is 0 Å². The molecule has 0 saturated carbocycles. The number of hydrogen-bond acceptors (Lipinski definition) is 2. The largest absolute Gasteiger partial charge is 0.265 e. The highest BCUT2D eigenvalue weighted by molar-refractivity contribution is 5.23. The smallest absolute Gasteiger partial charge is 0.0270 e. The summed E-state index contributed by atoms with van der Waals surface area (Å²) >= 11 is 0. The number of nitrogens with zero attached hydrogens (tertiary/aromatic N) is 2. The van der Waals surface area contributed by atoms with Crippen molar-refractivity contribution in [2.75, 3.05) is 0 Å². The number of aromatic nitrogens is 2. The summed E-state index contributed by atoms with van der Waals surface area (Å²) in [5.74, 6) is 0. The average molecular weight is 183 g/mol. The van der Waals surface area contributed by atoms with Crippen LogP contribution in [-0.2, 0) is 6.42 Å². The van der Waals surface area contributed by atoms with Crippen LogP contribution in [0.2, 0.25) is 0 Å². The van der Waals surface area contributed by atoms with Gasteiger partial charge in [-0.1, -0.05) is 0 Å². The van der Waals surface area contributed by atoms with Crippen LogP contribution in [-0.4, -0.2) is 9.97 Å². The van der Waals surface area contributed by atoms with Crippen LogP contribution in [0.1, 0.15) is 11.1 Å². The highest BCUT2D eigenvalue weighted by Gasteiger charge is 1.94. The molecule has 2 nitrogen and oxygen atoms in total. The van der Waals surface area contributed by atoms with Crippen LogP contribution in [0, 0.1) is 6.42 Å². The van der Waals surface area contributed by atoms with E-state index in [9.17, 15) is 0 Å². The zero-order valence-electron chi connectivity index (χ0n) is 7.80. The van der Waals surface area contributed by atoms with Gasteiger partial charge in [0.1, 0.15) is 0 Å². The Kier molecular flexibility index (Phi) is 2.86. The monoisotopic (exact) mass is 183 g/mol. The molecule has 0 N–H and O–H groups in total. The first kappa shape index (κ1) is 8.88. The molecule has 0 aliphatic carbocycles. The SMILES string of the molecule is [CH](Cc1ccncc1)c1ccncc1. The molecule has 0 spiro atoms. The van der Waals surface area contributed by atoms with Crippen molar-refractivity contribution >= 4 is 0 Å². The lowest BCUT2D eigenvalue weighted by molar-refractivity contribution is 1.13. The van der Waals surface area contributed by atoms with Gasteiger partial charge in [0, 0.05) is 24.8 Å². The van der Waals surface area contributed by atoms with Crippen LogP contribution in [0.3, 0.4) is 0 Å². The van der Waals surface area contributed by atoms with E-state index in [0.717, 1.165) is 6.42 Å². The Hall–Kier alpha value is -1.70. The maximum Gasteiger partial charge on any atom is 0.0270 e. The maximum atomic E-state index is 3.98. The van der Waals surface area contributed by atoms with Gasteiger partial charge in [-0.3, -0.25) is 9.97 Å². The Morgan fingerprint density at radius 3 is 2.07 bits per heavy atom. The highest BCUT2D eigenvalue weighted by atomic mass is 14.6. The van der Waals surface area contributed by atoms with Gasteiger partial charge in [0.2, 0.25) is 0 Å². The molecule has 2 heterocycles. The second-order valence-electron chi connectivity index (χ2n) is 3.04. The summed E-state index contributed by atoms with van der Waals surface area (Å²) in [6.07, 6.45) is 10.4. The van der Waals surface area contributed by atoms with Crippen molar-refractivity contribution < 1.29 is 0 Å². The van der Waals surface area contributed by atoms with E-state index < -0.39 is 0 Å². The van der Waals surface area contributed by atoms with Crippen LogP contribution >= 0.6 is 0 Å². The normalized spacial score (nSPS) is 10.0. The fourth-order valence-electron chi connectivity index (χ4n) is 1.25. The Labute approximate surface area is 83.7 Å². The van der Waals surface area contributed by atoms with Gasteiger partial charge in [0.05, 0.1) is 0 Å². The molecule has 2 aromatic heterocycles. The summed E-state index contributed by atoms with van der Waals surface area (Å²) < 4.78 is 0. The molecule has 0 aliphatic rings. The first-order chi connectivity index (χ1) is 6.95. The van der Waals surface area contributed by atoms with E-state index in [1.807, 2.05) is 36.7 Å². The summed E-state index contributed by atoms with van der Waals surface area (Å²) in [6.45, 7) is 0. The summed E-state index contributed by atoms with van der Waals surface area (Å²) in [5.41, 5.74) is 2.48. The first-order valence-corrected chi connectivity index (χ1v) is 4.57. The Balaban J connectivity index is 1.96. The Morgan fingerprint density at radius 1 is 0.857 bits per heavy atom. The fourth-order valence-corrected chi connectivity index (χ4v) is 1.25. The molecular weight excluding hydrogens is 172 g/mol. The van der Waals surface area contributed by atoms with Crippen molar-refractivity contribution in [3.63, 3.8) is 0 Å². The van der Waals surface area contributed by atoms with Crippen molar-refractivity contribution in [1.82, 2.24) is 9.97 Å². The molecule has 0 unspecified atom stereocenters. The van der Waals surface area contributed by atoms with Gasteiger partial charge in [0.15, 0.2) is 0 Å². The minimum Gasteiger partial charge on any atom is -0.265 e. The lowest BCUT2D eigenvalue weighted by Gasteiger charge is -1.99. The molecule has 2 rings (SSSR count).